The lowest BCUT2D eigenvalue weighted by Crippen LogP contribution is -2.51. The van der Waals surface area contributed by atoms with E-state index in [1.165, 1.54) is 28.6 Å². The third-order valence-corrected chi connectivity index (χ3v) is 7.74. The number of carbonyl (C=O) groups is 1. The van der Waals surface area contributed by atoms with Gasteiger partial charge in [0.15, 0.2) is 6.10 Å². The summed E-state index contributed by atoms with van der Waals surface area (Å²) in [7, 11) is -0.885. The average Bonchev–Trinajstić information content (AvgIpc) is 2.87. The number of nitrogens with zero attached hydrogens (tertiary/aromatic N) is 1. The highest BCUT2D eigenvalue weighted by molar-refractivity contribution is 7.92. The van der Waals surface area contributed by atoms with Crippen molar-refractivity contribution in [1.82, 2.24) is 5.32 Å². The zero-order chi connectivity index (χ0) is 25.2. The molecule has 0 saturated heterocycles. The minimum Gasteiger partial charge on any atom is -0.497 e. The third kappa shape index (κ3) is 5.01. The summed E-state index contributed by atoms with van der Waals surface area (Å²) in [6.07, 6.45) is -1.08. The van der Waals surface area contributed by atoms with Crippen molar-refractivity contribution in [2.24, 2.45) is 0 Å². The maximum absolute atomic E-state index is 13.5. The monoisotopic (exact) mass is 516 g/mol. The fourth-order valence-corrected chi connectivity index (χ4v) is 5.46. The number of benzene rings is 3. The molecular weight excluding hydrogens is 492 g/mol. The number of fused-ring (bicyclic) bond motifs is 1. The predicted molar refractivity (Wildman–Crippen MR) is 133 cm³/mol. The minimum absolute atomic E-state index is 0.0623. The van der Waals surface area contributed by atoms with Crippen LogP contribution in [0.2, 0.25) is 5.02 Å². The van der Waals surface area contributed by atoms with Crippen LogP contribution in [-0.4, -0.2) is 41.2 Å². The molecule has 1 aliphatic heterocycles. The van der Waals surface area contributed by atoms with Gasteiger partial charge in [0.1, 0.15) is 17.2 Å². The van der Waals surface area contributed by atoms with Crippen molar-refractivity contribution in [2.45, 2.75) is 24.0 Å². The fraction of sp³-hybridized carbons (Fsp3) is 0.240. The standard InChI is InChI=1S/C25H25ClN2O6S/c1-16(20-14-18(32-2)10-13-22(20)33-3)27-25(29)24-15-28(21-6-4-5-7-23(21)34-24)35(30,31)19-11-8-17(26)9-12-19/h4-14,16,24H,15H2,1-3H3,(H,27,29)/t16-,24+/m1/s1. The Morgan fingerprint density at radius 3 is 2.49 bits per heavy atom. The Labute approximate surface area is 209 Å². The van der Waals surface area contributed by atoms with E-state index in [2.05, 4.69) is 5.32 Å². The van der Waals surface area contributed by atoms with E-state index in [4.69, 9.17) is 25.8 Å². The number of nitrogens with one attached hydrogen (secondary N) is 1. The van der Waals surface area contributed by atoms with Crippen LogP contribution in [0.25, 0.3) is 0 Å². The second-order valence-corrected chi connectivity index (χ2v) is 10.2. The molecule has 0 radical (unpaired) electrons. The fourth-order valence-electron chi connectivity index (χ4n) is 3.86. The van der Waals surface area contributed by atoms with Crippen LogP contribution in [0.15, 0.2) is 71.6 Å². The molecule has 1 heterocycles. The van der Waals surface area contributed by atoms with Crippen molar-refractivity contribution in [2.75, 3.05) is 25.1 Å². The first-order chi connectivity index (χ1) is 16.7. The maximum atomic E-state index is 13.5. The first-order valence-corrected chi connectivity index (χ1v) is 12.6. The molecule has 1 N–H and O–H groups in total. The molecule has 0 aromatic heterocycles. The molecule has 8 nitrogen and oxygen atoms in total. The van der Waals surface area contributed by atoms with Crippen LogP contribution in [0.5, 0.6) is 17.2 Å². The van der Waals surface area contributed by atoms with Crippen LogP contribution in [0.4, 0.5) is 5.69 Å². The van der Waals surface area contributed by atoms with Gasteiger partial charge in [-0.3, -0.25) is 9.10 Å². The van der Waals surface area contributed by atoms with Crippen LogP contribution in [0.1, 0.15) is 18.5 Å². The van der Waals surface area contributed by atoms with Crippen LogP contribution < -0.4 is 23.8 Å². The predicted octanol–water partition coefficient (Wildman–Crippen LogP) is 4.19. The molecule has 1 aliphatic rings. The highest BCUT2D eigenvalue weighted by Gasteiger charge is 2.38. The SMILES string of the molecule is COc1ccc(OC)c([C@@H](C)NC(=O)[C@@H]2CN(S(=O)(=O)c3ccc(Cl)cc3)c3ccccc3O2)c1. The van der Waals surface area contributed by atoms with Crippen LogP contribution >= 0.6 is 11.6 Å². The van der Waals surface area contributed by atoms with Gasteiger partial charge in [-0.2, -0.15) is 0 Å². The van der Waals surface area contributed by atoms with Gasteiger partial charge in [0.25, 0.3) is 15.9 Å². The van der Waals surface area contributed by atoms with Crippen molar-refractivity contribution in [3.63, 3.8) is 0 Å². The van der Waals surface area contributed by atoms with E-state index in [0.717, 1.165) is 0 Å². The normalized spacial score (nSPS) is 16.0. The summed E-state index contributed by atoms with van der Waals surface area (Å²) in [5.41, 5.74) is 1.07. The molecule has 0 bridgehead atoms. The summed E-state index contributed by atoms with van der Waals surface area (Å²) in [5.74, 6) is 1.03. The summed E-state index contributed by atoms with van der Waals surface area (Å²) < 4.78 is 44.8. The zero-order valence-electron chi connectivity index (χ0n) is 19.4. The lowest BCUT2D eigenvalue weighted by atomic mass is 10.1. The number of hydrogen-bond acceptors (Lipinski definition) is 6. The molecule has 0 saturated carbocycles. The first kappa shape index (κ1) is 24.7. The number of sulfonamides is 1. The number of rotatable bonds is 7. The molecule has 184 valence electrons. The number of anilines is 1. The number of halogens is 1. The van der Waals surface area contributed by atoms with Gasteiger partial charge in [-0.05, 0) is 61.5 Å². The van der Waals surface area contributed by atoms with Crippen molar-refractivity contribution in [1.29, 1.82) is 0 Å². The molecule has 0 aliphatic carbocycles. The number of methoxy groups -OCH3 is 2. The zero-order valence-corrected chi connectivity index (χ0v) is 21.0. The lowest BCUT2D eigenvalue weighted by Gasteiger charge is -2.35. The van der Waals surface area contributed by atoms with Crippen LogP contribution in [-0.2, 0) is 14.8 Å². The summed E-state index contributed by atoms with van der Waals surface area (Å²) in [6.45, 7) is 1.60. The Kier molecular flexibility index (Phi) is 7.09. The molecule has 2 atom stereocenters. The molecule has 3 aromatic carbocycles. The molecule has 35 heavy (non-hydrogen) atoms. The minimum atomic E-state index is -3.98. The van der Waals surface area contributed by atoms with Crippen molar-refractivity contribution in [3.8, 4) is 17.2 Å². The summed E-state index contributed by atoms with van der Waals surface area (Å²) in [5, 5.41) is 3.33. The van der Waals surface area contributed by atoms with Crippen molar-refractivity contribution < 1.29 is 27.4 Å². The van der Waals surface area contributed by atoms with Gasteiger partial charge in [-0.15, -0.1) is 0 Å². The van der Waals surface area contributed by atoms with Gasteiger partial charge in [-0.1, -0.05) is 23.7 Å². The Morgan fingerprint density at radius 2 is 1.80 bits per heavy atom. The van der Waals surface area contributed by atoms with Crippen LogP contribution in [0.3, 0.4) is 0 Å². The second kappa shape index (κ2) is 10.1. The van der Waals surface area contributed by atoms with E-state index >= 15 is 0 Å². The molecular formula is C25H25ClN2O6S. The van der Waals surface area contributed by atoms with Crippen molar-refractivity contribution >= 4 is 33.2 Å². The molecule has 0 unspecified atom stereocenters. The van der Waals surface area contributed by atoms with E-state index in [-0.39, 0.29) is 11.4 Å². The number of para-hydroxylation sites is 2. The summed E-state index contributed by atoms with van der Waals surface area (Å²) in [4.78, 5) is 13.3. The average molecular weight is 517 g/mol. The lowest BCUT2D eigenvalue weighted by molar-refractivity contribution is -0.128. The second-order valence-electron chi connectivity index (χ2n) is 7.90. The Morgan fingerprint density at radius 1 is 1.09 bits per heavy atom. The molecule has 0 spiro atoms. The Balaban J connectivity index is 1.62. The van der Waals surface area contributed by atoms with Gasteiger partial charge in [0.2, 0.25) is 0 Å². The molecule has 10 heteroatoms. The topological polar surface area (TPSA) is 94.2 Å². The molecule has 1 amide bonds. The highest BCUT2D eigenvalue weighted by atomic mass is 35.5. The first-order valence-electron chi connectivity index (χ1n) is 10.8. The molecule has 3 aromatic rings. The van der Waals surface area contributed by atoms with E-state index in [0.29, 0.717) is 33.5 Å². The van der Waals surface area contributed by atoms with Gasteiger partial charge in [0, 0.05) is 10.6 Å². The largest absolute Gasteiger partial charge is 0.497 e. The quantitative estimate of drug-likeness (QED) is 0.506. The maximum Gasteiger partial charge on any atom is 0.264 e. The summed E-state index contributed by atoms with van der Waals surface area (Å²) >= 11 is 5.93. The Hall–Kier alpha value is -3.43. The Bertz CT molecular complexity index is 1330. The molecule has 0 fully saturated rings. The number of ether oxygens (including phenoxy) is 3. The third-order valence-electron chi connectivity index (χ3n) is 5.69. The summed E-state index contributed by atoms with van der Waals surface area (Å²) in [6, 6.07) is 17.4. The van der Waals surface area contributed by atoms with E-state index in [9.17, 15) is 13.2 Å². The van der Waals surface area contributed by atoms with E-state index < -0.39 is 28.1 Å². The molecule has 4 rings (SSSR count). The van der Waals surface area contributed by atoms with Gasteiger partial charge < -0.3 is 19.5 Å². The van der Waals surface area contributed by atoms with Gasteiger partial charge >= 0.3 is 0 Å². The smallest absolute Gasteiger partial charge is 0.264 e. The van der Waals surface area contributed by atoms with E-state index in [1.807, 2.05) is 0 Å². The van der Waals surface area contributed by atoms with E-state index in [1.54, 1.807) is 63.6 Å². The highest BCUT2D eigenvalue weighted by Crippen LogP contribution is 2.37. The number of amides is 1. The number of hydrogen-bond donors (Lipinski definition) is 1. The van der Waals surface area contributed by atoms with Gasteiger partial charge in [0.05, 0.1) is 37.4 Å². The van der Waals surface area contributed by atoms with Gasteiger partial charge in [-0.25, -0.2) is 8.42 Å². The number of carbonyl (C=O) groups excluding carboxylic acids is 1. The van der Waals surface area contributed by atoms with Crippen molar-refractivity contribution in [3.05, 3.63) is 77.3 Å². The van der Waals surface area contributed by atoms with Crippen LogP contribution in [0, 0.1) is 0 Å².